The van der Waals surface area contributed by atoms with Crippen LogP contribution in [0.1, 0.15) is 76.9 Å². The molecular formula is C24H35NO6. The lowest BCUT2D eigenvalue weighted by Crippen LogP contribution is -2.12. The average Bonchev–Trinajstić information content (AvgIpc) is 3.14. The van der Waals surface area contributed by atoms with Crippen molar-refractivity contribution in [1.29, 1.82) is 0 Å². The summed E-state index contributed by atoms with van der Waals surface area (Å²) in [6.45, 7) is 1.94. The summed E-state index contributed by atoms with van der Waals surface area (Å²) in [5, 5.41) is 40.9. The van der Waals surface area contributed by atoms with Crippen LogP contribution in [0.4, 0.5) is 5.69 Å². The van der Waals surface area contributed by atoms with E-state index in [1.165, 1.54) is 63.5 Å². The molecule has 0 radical (unpaired) electrons. The smallest absolute Gasteiger partial charge is 0.322 e. The van der Waals surface area contributed by atoms with Crippen molar-refractivity contribution in [3.05, 3.63) is 24.0 Å². The zero-order valence-corrected chi connectivity index (χ0v) is 18.3. The molecule has 0 fully saturated rings. The number of hydrogen-bond donors (Lipinski definition) is 5. The first-order valence-electron chi connectivity index (χ1n) is 11.3. The van der Waals surface area contributed by atoms with Crippen LogP contribution in [-0.2, 0) is 11.2 Å². The van der Waals surface area contributed by atoms with Gasteiger partial charge in [-0.05, 0) is 18.6 Å². The molecule has 2 rings (SSSR count). The first-order valence-corrected chi connectivity index (χ1v) is 11.3. The number of carbonyl (C=O) groups is 1. The molecule has 1 aromatic heterocycles. The van der Waals surface area contributed by atoms with Crippen molar-refractivity contribution in [2.45, 2.75) is 77.6 Å². The van der Waals surface area contributed by atoms with Gasteiger partial charge in [0.25, 0.3) is 0 Å². The lowest BCUT2D eigenvalue weighted by molar-refractivity contribution is -0.134. The fourth-order valence-corrected chi connectivity index (χ4v) is 3.60. The maximum atomic E-state index is 10.9. The second kappa shape index (κ2) is 12.8. The maximum absolute atomic E-state index is 10.9. The lowest BCUT2D eigenvalue weighted by atomic mass is 10.1. The second-order valence-corrected chi connectivity index (χ2v) is 8.00. The van der Waals surface area contributed by atoms with E-state index in [-0.39, 0.29) is 6.54 Å². The highest BCUT2D eigenvalue weighted by Crippen LogP contribution is 2.41. The minimum absolute atomic E-state index is 0.291. The van der Waals surface area contributed by atoms with E-state index in [4.69, 9.17) is 9.52 Å². The van der Waals surface area contributed by atoms with E-state index >= 15 is 0 Å². The summed E-state index contributed by atoms with van der Waals surface area (Å²) in [5.74, 6) is -1.57. The van der Waals surface area contributed by atoms with Gasteiger partial charge in [0.05, 0.1) is 5.69 Å². The molecule has 5 N–H and O–H groups in total. The predicted octanol–water partition coefficient (Wildman–Crippen LogP) is 6.02. The Labute approximate surface area is 183 Å². The molecule has 1 aromatic carbocycles. The van der Waals surface area contributed by atoms with Crippen molar-refractivity contribution in [3.8, 4) is 28.6 Å². The van der Waals surface area contributed by atoms with Gasteiger partial charge in [0.2, 0.25) is 0 Å². The summed E-state index contributed by atoms with van der Waals surface area (Å²) in [4.78, 5) is 10.9. The van der Waals surface area contributed by atoms with Gasteiger partial charge in [0, 0.05) is 18.1 Å². The molecule has 2 aromatic rings. The molecular weight excluding hydrogens is 398 g/mol. The monoisotopic (exact) mass is 433 g/mol. The van der Waals surface area contributed by atoms with Crippen molar-refractivity contribution in [1.82, 2.24) is 0 Å². The van der Waals surface area contributed by atoms with E-state index in [0.29, 0.717) is 29.2 Å². The molecule has 0 aliphatic rings. The third-order valence-corrected chi connectivity index (χ3v) is 5.32. The number of nitrogens with one attached hydrogen (secondary N) is 1. The van der Waals surface area contributed by atoms with Crippen molar-refractivity contribution in [2.75, 3.05) is 11.9 Å². The minimum atomic E-state index is -1.01. The van der Waals surface area contributed by atoms with Gasteiger partial charge in [-0.2, -0.15) is 0 Å². The molecule has 0 aliphatic carbocycles. The number of anilines is 1. The Morgan fingerprint density at radius 1 is 0.871 bits per heavy atom. The van der Waals surface area contributed by atoms with Crippen molar-refractivity contribution < 1.29 is 29.6 Å². The number of aryl methyl sites for hydroxylation is 1. The van der Waals surface area contributed by atoms with Gasteiger partial charge in [0.1, 0.15) is 12.3 Å². The van der Waals surface area contributed by atoms with E-state index in [1.807, 2.05) is 0 Å². The summed E-state index contributed by atoms with van der Waals surface area (Å²) < 4.78 is 5.91. The standard InChI is InChI=1S/C24H35NO6/c1-2-3-4-5-6-7-8-9-10-11-12-18-15-19(25-16-22(28)29)24(31-18)17-13-20(26)23(30)21(27)14-17/h13-15,25-27,30H,2-12,16H2,1H3,(H,28,29). The van der Waals surface area contributed by atoms with Gasteiger partial charge >= 0.3 is 5.97 Å². The number of unbranched alkanes of at least 4 members (excludes halogenated alkanes) is 9. The Bertz CT molecular complexity index is 806. The fourth-order valence-electron chi connectivity index (χ4n) is 3.60. The maximum Gasteiger partial charge on any atom is 0.322 e. The summed E-state index contributed by atoms with van der Waals surface area (Å²) in [6, 6.07) is 4.29. The van der Waals surface area contributed by atoms with Crippen LogP contribution in [0.2, 0.25) is 0 Å². The van der Waals surface area contributed by atoms with Gasteiger partial charge in [-0.1, -0.05) is 64.7 Å². The van der Waals surface area contributed by atoms with Crippen LogP contribution in [0.15, 0.2) is 22.6 Å². The molecule has 0 bridgehead atoms. The Balaban J connectivity index is 1.91. The Morgan fingerprint density at radius 3 is 1.97 bits per heavy atom. The highest BCUT2D eigenvalue weighted by atomic mass is 16.4. The normalized spacial score (nSPS) is 11.0. The van der Waals surface area contributed by atoms with Crippen LogP contribution in [-0.4, -0.2) is 32.9 Å². The average molecular weight is 434 g/mol. The topological polar surface area (TPSA) is 123 Å². The minimum Gasteiger partial charge on any atom is -0.504 e. The molecule has 0 spiro atoms. The van der Waals surface area contributed by atoms with Crippen molar-refractivity contribution in [3.63, 3.8) is 0 Å². The number of phenolic OH excluding ortho intramolecular Hbond substituents is 3. The number of rotatable bonds is 15. The van der Waals surface area contributed by atoms with E-state index in [2.05, 4.69) is 12.2 Å². The third-order valence-electron chi connectivity index (χ3n) is 5.32. The third kappa shape index (κ3) is 8.07. The van der Waals surface area contributed by atoms with Crippen LogP contribution in [0.3, 0.4) is 0 Å². The number of phenols is 3. The Morgan fingerprint density at radius 2 is 1.42 bits per heavy atom. The summed E-state index contributed by atoms with van der Waals surface area (Å²) in [7, 11) is 0. The lowest BCUT2D eigenvalue weighted by Gasteiger charge is -2.07. The number of carboxylic acid groups (broad SMARTS) is 1. The number of benzene rings is 1. The molecule has 0 amide bonds. The van der Waals surface area contributed by atoms with Gasteiger partial charge in [-0.25, -0.2) is 0 Å². The fraction of sp³-hybridized carbons (Fsp3) is 0.542. The number of hydrogen-bond acceptors (Lipinski definition) is 6. The highest BCUT2D eigenvalue weighted by Gasteiger charge is 2.17. The summed E-state index contributed by atoms with van der Waals surface area (Å²) in [6.07, 6.45) is 13.1. The molecule has 1 heterocycles. The zero-order chi connectivity index (χ0) is 22.6. The quantitative estimate of drug-likeness (QED) is 0.172. The largest absolute Gasteiger partial charge is 0.504 e. The van der Waals surface area contributed by atoms with Crippen LogP contribution in [0, 0.1) is 0 Å². The van der Waals surface area contributed by atoms with Gasteiger partial charge in [-0.15, -0.1) is 0 Å². The van der Waals surface area contributed by atoms with Crippen LogP contribution in [0.5, 0.6) is 17.2 Å². The first kappa shape index (κ1) is 24.4. The van der Waals surface area contributed by atoms with Gasteiger partial charge in [-0.3, -0.25) is 4.79 Å². The van der Waals surface area contributed by atoms with E-state index in [9.17, 15) is 20.1 Å². The van der Waals surface area contributed by atoms with E-state index in [1.54, 1.807) is 6.07 Å². The van der Waals surface area contributed by atoms with Gasteiger partial charge in [0.15, 0.2) is 23.0 Å². The molecule has 172 valence electrons. The molecule has 7 nitrogen and oxygen atoms in total. The molecule has 0 atom stereocenters. The van der Waals surface area contributed by atoms with Crippen LogP contribution in [0.25, 0.3) is 11.3 Å². The SMILES string of the molecule is CCCCCCCCCCCCc1cc(NCC(=O)O)c(-c2cc(O)c(O)c(O)c2)o1. The molecule has 7 heteroatoms. The van der Waals surface area contributed by atoms with Crippen molar-refractivity contribution in [2.24, 2.45) is 0 Å². The van der Waals surface area contributed by atoms with Crippen LogP contribution < -0.4 is 5.32 Å². The zero-order valence-electron chi connectivity index (χ0n) is 18.3. The number of carboxylic acids is 1. The second-order valence-electron chi connectivity index (χ2n) is 8.00. The number of aromatic hydroxyl groups is 3. The first-order chi connectivity index (χ1) is 14.9. The predicted molar refractivity (Wildman–Crippen MR) is 121 cm³/mol. The van der Waals surface area contributed by atoms with E-state index in [0.717, 1.165) is 12.8 Å². The van der Waals surface area contributed by atoms with Crippen molar-refractivity contribution >= 4 is 11.7 Å². The summed E-state index contributed by atoms with van der Waals surface area (Å²) in [5.41, 5.74) is 0.809. The molecule has 0 saturated heterocycles. The molecule has 0 unspecified atom stereocenters. The van der Waals surface area contributed by atoms with Gasteiger partial charge < -0.3 is 30.2 Å². The Hall–Kier alpha value is -2.83. The molecule has 31 heavy (non-hydrogen) atoms. The van der Waals surface area contributed by atoms with Crippen LogP contribution >= 0.6 is 0 Å². The Kier molecular flexibility index (Phi) is 10.1. The number of furan rings is 1. The molecule has 0 aliphatic heterocycles. The molecule has 0 saturated carbocycles. The van der Waals surface area contributed by atoms with E-state index < -0.39 is 23.2 Å². The highest BCUT2D eigenvalue weighted by molar-refractivity contribution is 5.80. The number of aliphatic carboxylic acids is 1. The summed E-state index contributed by atoms with van der Waals surface area (Å²) >= 11 is 0.